The highest BCUT2D eigenvalue weighted by Gasteiger charge is 2.25. The van der Waals surface area contributed by atoms with Gasteiger partial charge in [0.1, 0.15) is 0 Å². The summed E-state index contributed by atoms with van der Waals surface area (Å²) >= 11 is 0. The quantitative estimate of drug-likeness (QED) is 0.566. The first-order valence-electron chi connectivity index (χ1n) is 10.3. The molecule has 3 rings (SSSR count). The van der Waals surface area contributed by atoms with Crippen LogP contribution >= 0.6 is 0 Å². The molecule has 0 aliphatic heterocycles. The van der Waals surface area contributed by atoms with Crippen LogP contribution in [-0.4, -0.2) is 21.4 Å². The SMILES string of the molecule is CC[C@@H](NC(=O)c1ccccc1N(C)S(=O)(=O)c1ccccc1)c1ccc(C)c(C)c1. The lowest BCUT2D eigenvalue weighted by Crippen LogP contribution is -2.32. The monoisotopic (exact) mass is 436 g/mol. The normalized spacial score (nSPS) is 12.3. The van der Waals surface area contributed by atoms with E-state index in [0.717, 1.165) is 9.87 Å². The van der Waals surface area contributed by atoms with Gasteiger partial charge in [-0.05, 0) is 61.2 Å². The number of nitrogens with zero attached hydrogens (tertiary/aromatic N) is 1. The molecular weight excluding hydrogens is 408 g/mol. The van der Waals surface area contributed by atoms with Gasteiger partial charge in [0.25, 0.3) is 15.9 Å². The summed E-state index contributed by atoms with van der Waals surface area (Å²) in [4.78, 5) is 13.4. The number of carbonyl (C=O) groups excluding carboxylic acids is 1. The Morgan fingerprint density at radius 2 is 1.58 bits per heavy atom. The first-order chi connectivity index (χ1) is 14.8. The molecule has 0 spiro atoms. The molecule has 0 bridgehead atoms. The first-order valence-corrected chi connectivity index (χ1v) is 11.7. The van der Waals surface area contributed by atoms with Gasteiger partial charge in [-0.2, -0.15) is 0 Å². The number of anilines is 1. The van der Waals surface area contributed by atoms with E-state index < -0.39 is 10.0 Å². The highest BCUT2D eigenvalue weighted by molar-refractivity contribution is 7.92. The van der Waals surface area contributed by atoms with Crippen LogP contribution in [-0.2, 0) is 10.0 Å². The second-order valence-electron chi connectivity index (χ2n) is 7.58. The van der Waals surface area contributed by atoms with Gasteiger partial charge < -0.3 is 5.32 Å². The number of carbonyl (C=O) groups is 1. The average Bonchev–Trinajstić information content (AvgIpc) is 2.79. The van der Waals surface area contributed by atoms with Gasteiger partial charge in [-0.25, -0.2) is 8.42 Å². The molecule has 0 saturated heterocycles. The summed E-state index contributed by atoms with van der Waals surface area (Å²) in [5.74, 6) is -0.309. The standard InChI is InChI=1S/C25H28N2O3S/c1-5-23(20-16-15-18(2)19(3)17-20)26-25(28)22-13-9-10-14-24(22)27(4)31(29,30)21-11-7-6-8-12-21/h6-17,23H,5H2,1-4H3,(H,26,28)/t23-/m1/s1. The Kier molecular flexibility index (Phi) is 6.81. The van der Waals surface area contributed by atoms with Gasteiger partial charge in [-0.15, -0.1) is 0 Å². The minimum atomic E-state index is -3.79. The number of sulfonamides is 1. The second kappa shape index (κ2) is 9.35. The van der Waals surface area contributed by atoms with Crippen molar-refractivity contribution in [2.24, 2.45) is 0 Å². The van der Waals surface area contributed by atoms with Crippen molar-refractivity contribution in [1.82, 2.24) is 5.32 Å². The lowest BCUT2D eigenvalue weighted by molar-refractivity contribution is 0.0936. The van der Waals surface area contributed by atoms with E-state index in [4.69, 9.17) is 0 Å². The van der Waals surface area contributed by atoms with E-state index in [2.05, 4.69) is 18.3 Å². The van der Waals surface area contributed by atoms with E-state index >= 15 is 0 Å². The van der Waals surface area contributed by atoms with Gasteiger partial charge in [0, 0.05) is 7.05 Å². The topological polar surface area (TPSA) is 66.5 Å². The van der Waals surface area contributed by atoms with E-state index in [1.54, 1.807) is 54.6 Å². The number of hydrogen-bond acceptors (Lipinski definition) is 3. The molecule has 0 aliphatic carbocycles. The number of aryl methyl sites for hydroxylation is 2. The molecule has 0 heterocycles. The van der Waals surface area contributed by atoms with Gasteiger partial charge in [-0.1, -0.05) is 55.5 Å². The van der Waals surface area contributed by atoms with Crippen LogP contribution in [0.2, 0.25) is 0 Å². The summed E-state index contributed by atoms with van der Waals surface area (Å²) in [6, 6.07) is 20.9. The number of rotatable bonds is 7. The Morgan fingerprint density at radius 1 is 0.935 bits per heavy atom. The largest absolute Gasteiger partial charge is 0.345 e. The summed E-state index contributed by atoms with van der Waals surface area (Å²) in [7, 11) is -2.32. The fourth-order valence-corrected chi connectivity index (χ4v) is 4.69. The summed E-state index contributed by atoms with van der Waals surface area (Å²) < 4.78 is 27.3. The maximum Gasteiger partial charge on any atom is 0.264 e. The Hall–Kier alpha value is -3.12. The van der Waals surface area contributed by atoms with Crippen molar-refractivity contribution in [3.63, 3.8) is 0 Å². The highest BCUT2D eigenvalue weighted by Crippen LogP contribution is 2.27. The van der Waals surface area contributed by atoms with E-state index in [1.165, 1.54) is 18.2 Å². The van der Waals surface area contributed by atoms with Crippen LogP contribution in [0.3, 0.4) is 0 Å². The zero-order valence-electron chi connectivity index (χ0n) is 18.3. The molecule has 3 aromatic carbocycles. The van der Waals surface area contributed by atoms with E-state index in [-0.39, 0.29) is 16.8 Å². The molecule has 1 N–H and O–H groups in total. The first kappa shape index (κ1) is 22.6. The minimum Gasteiger partial charge on any atom is -0.345 e. The molecular formula is C25H28N2O3S. The smallest absolute Gasteiger partial charge is 0.264 e. The summed E-state index contributed by atoms with van der Waals surface area (Å²) in [6.07, 6.45) is 0.717. The van der Waals surface area contributed by atoms with Crippen molar-refractivity contribution in [1.29, 1.82) is 0 Å². The predicted octanol–water partition coefficient (Wildman–Crippen LogP) is 5.01. The third kappa shape index (κ3) is 4.80. The Labute approximate surface area is 184 Å². The van der Waals surface area contributed by atoms with Gasteiger partial charge in [0.2, 0.25) is 0 Å². The van der Waals surface area contributed by atoms with Crippen molar-refractivity contribution in [2.75, 3.05) is 11.4 Å². The Balaban J connectivity index is 1.91. The van der Waals surface area contributed by atoms with Crippen LogP contribution in [0, 0.1) is 13.8 Å². The fourth-order valence-electron chi connectivity index (χ4n) is 3.46. The van der Waals surface area contributed by atoms with Crippen LogP contribution in [0.1, 0.15) is 46.4 Å². The number of amides is 1. The number of benzene rings is 3. The zero-order valence-corrected chi connectivity index (χ0v) is 19.1. The number of hydrogen-bond donors (Lipinski definition) is 1. The molecule has 0 aliphatic rings. The molecule has 1 atom stereocenters. The third-order valence-electron chi connectivity index (χ3n) is 5.54. The average molecular weight is 437 g/mol. The second-order valence-corrected chi connectivity index (χ2v) is 9.55. The fraction of sp³-hybridized carbons (Fsp3) is 0.240. The summed E-state index contributed by atoms with van der Waals surface area (Å²) in [5.41, 5.74) is 4.04. The molecule has 5 nitrogen and oxygen atoms in total. The van der Waals surface area contributed by atoms with Crippen molar-refractivity contribution in [3.8, 4) is 0 Å². The van der Waals surface area contributed by atoms with Crippen LogP contribution in [0.4, 0.5) is 5.69 Å². The number of nitrogens with one attached hydrogen (secondary N) is 1. The molecule has 31 heavy (non-hydrogen) atoms. The molecule has 3 aromatic rings. The lowest BCUT2D eigenvalue weighted by Gasteiger charge is -2.24. The Morgan fingerprint density at radius 3 is 2.23 bits per heavy atom. The van der Waals surface area contributed by atoms with Gasteiger partial charge in [0.15, 0.2) is 0 Å². The third-order valence-corrected chi connectivity index (χ3v) is 7.32. The van der Waals surface area contributed by atoms with Crippen LogP contribution in [0.5, 0.6) is 0 Å². The predicted molar refractivity (Wildman–Crippen MR) is 125 cm³/mol. The van der Waals surface area contributed by atoms with Crippen LogP contribution in [0.25, 0.3) is 0 Å². The van der Waals surface area contributed by atoms with Crippen LogP contribution < -0.4 is 9.62 Å². The summed E-state index contributed by atoms with van der Waals surface area (Å²) in [5, 5.41) is 3.07. The maximum absolute atomic E-state index is 13.2. The van der Waals surface area contributed by atoms with Gasteiger partial charge in [0.05, 0.1) is 22.2 Å². The van der Waals surface area contributed by atoms with E-state index in [0.29, 0.717) is 17.7 Å². The highest BCUT2D eigenvalue weighted by atomic mass is 32.2. The molecule has 0 unspecified atom stereocenters. The molecule has 162 valence electrons. The number of para-hydroxylation sites is 1. The van der Waals surface area contributed by atoms with Crippen molar-refractivity contribution in [2.45, 2.75) is 38.1 Å². The zero-order chi connectivity index (χ0) is 22.6. The van der Waals surface area contributed by atoms with Crippen LogP contribution in [0.15, 0.2) is 77.7 Å². The van der Waals surface area contributed by atoms with E-state index in [1.807, 2.05) is 26.0 Å². The van der Waals surface area contributed by atoms with E-state index in [9.17, 15) is 13.2 Å². The maximum atomic E-state index is 13.2. The van der Waals surface area contributed by atoms with Crippen molar-refractivity contribution in [3.05, 3.63) is 95.1 Å². The molecule has 0 aromatic heterocycles. The molecule has 0 fully saturated rings. The minimum absolute atomic E-state index is 0.170. The molecule has 1 amide bonds. The summed E-state index contributed by atoms with van der Waals surface area (Å²) in [6.45, 7) is 6.11. The molecule has 0 saturated carbocycles. The Bertz CT molecular complexity index is 1170. The van der Waals surface area contributed by atoms with Crippen molar-refractivity contribution < 1.29 is 13.2 Å². The molecule has 0 radical (unpaired) electrons. The van der Waals surface area contributed by atoms with Crippen molar-refractivity contribution >= 4 is 21.6 Å². The van der Waals surface area contributed by atoms with Gasteiger partial charge >= 0.3 is 0 Å². The lowest BCUT2D eigenvalue weighted by atomic mass is 9.99. The van der Waals surface area contributed by atoms with Gasteiger partial charge in [-0.3, -0.25) is 9.10 Å². The molecule has 6 heteroatoms.